The molecule has 0 bridgehead atoms. The van der Waals surface area contributed by atoms with E-state index in [2.05, 4.69) is 69.3 Å². The Morgan fingerprint density at radius 3 is 2.20 bits per heavy atom. The standard InChI is InChI=1S/C25H18NO.C15H28O2.Ir/c1-14-10-11-19-15(12-14)13-18-24(26-19)16-6-4-8-20-22(16)23-17(25(18,2)3)7-5-9-21(23)27-20;1-7-14(5,8-2)12(16)11-13(17)15(6,9-3)10-4;/h4-5,7-13H,1-3H3;11,16H,7-10H2,1-6H3;/q-1;;/b;12-11-;. The van der Waals surface area contributed by atoms with Gasteiger partial charge >= 0.3 is 0 Å². The molecule has 0 fully saturated rings. The van der Waals surface area contributed by atoms with Crippen molar-refractivity contribution in [3.8, 4) is 11.3 Å². The number of carbonyl (C=O) groups excluding carboxylic acids is 1. The molecule has 0 saturated carbocycles. The third-order valence-electron chi connectivity index (χ3n) is 10.6. The second-order valence-electron chi connectivity index (χ2n) is 13.5. The van der Waals surface area contributed by atoms with Crippen molar-refractivity contribution in [1.82, 2.24) is 4.98 Å². The molecular formula is C40H46IrNO3-. The summed E-state index contributed by atoms with van der Waals surface area (Å²) in [7, 11) is 0. The van der Waals surface area contributed by atoms with E-state index in [4.69, 9.17) is 9.40 Å². The summed E-state index contributed by atoms with van der Waals surface area (Å²) in [6.45, 7) is 18.8. The quantitative estimate of drug-likeness (QED) is 0.101. The van der Waals surface area contributed by atoms with Gasteiger partial charge in [0.1, 0.15) is 11.3 Å². The molecule has 0 atom stereocenters. The van der Waals surface area contributed by atoms with Gasteiger partial charge in [-0.2, -0.15) is 0 Å². The molecule has 5 heteroatoms. The predicted molar refractivity (Wildman–Crippen MR) is 183 cm³/mol. The smallest absolute Gasteiger partial charge is 0.164 e. The number of benzene rings is 3. The predicted octanol–water partition coefficient (Wildman–Crippen LogP) is 11.2. The summed E-state index contributed by atoms with van der Waals surface area (Å²) in [4.78, 5) is 17.3. The molecule has 5 aromatic rings. The van der Waals surface area contributed by atoms with Gasteiger partial charge in [0, 0.05) is 42.4 Å². The van der Waals surface area contributed by atoms with Gasteiger partial charge < -0.3 is 9.52 Å². The Labute approximate surface area is 281 Å². The molecule has 1 radical (unpaired) electrons. The minimum Gasteiger partial charge on any atom is -0.512 e. The second kappa shape index (κ2) is 12.9. The number of carbonyl (C=O) groups is 1. The molecule has 6 rings (SSSR count). The van der Waals surface area contributed by atoms with Crippen molar-refractivity contribution >= 4 is 38.6 Å². The summed E-state index contributed by atoms with van der Waals surface area (Å²) >= 11 is 0. The van der Waals surface area contributed by atoms with Crippen LogP contribution in [0.1, 0.15) is 97.8 Å². The van der Waals surface area contributed by atoms with E-state index in [1.165, 1.54) is 33.5 Å². The molecule has 2 aromatic heterocycles. The molecule has 2 heterocycles. The number of hydrogen-bond donors (Lipinski definition) is 1. The zero-order chi connectivity index (χ0) is 32.0. The average molecular weight is 781 g/mol. The van der Waals surface area contributed by atoms with Gasteiger partial charge in [-0.3, -0.25) is 9.78 Å². The fourth-order valence-corrected chi connectivity index (χ4v) is 6.30. The minimum atomic E-state index is -0.337. The van der Waals surface area contributed by atoms with Crippen molar-refractivity contribution in [1.29, 1.82) is 0 Å². The van der Waals surface area contributed by atoms with Crippen LogP contribution < -0.4 is 0 Å². The largest absolute Gasteiger partial charge is 0.512 e. The molecule has 3 aromatic carbocycles. The van der Waals surface area contributed by atoms with Gasteiger partial charge in [-0.25, -0.2) is 0 Å². The first-order valence-electron chi connectivity index (χ1n) is 16.1. The van der Waals surface area contributed by atoms with Gasteiger partial charge in [-0.15, -0.1) is 17.7 Å². The summed E-state index contributed by atoms with van der Waals surface area (Å²) in [5, 5.41) is 13.7. The molecular weight excluding hydrogens is 735 g/mol. The first kappa shape index (κ1) is 34.6. The van der Waals surface area contributed by atoms with Crippen LogP contribution in [0.3, 0.4) is 0 Å². The van der Waals surface area contributed by atoms with E-state index >= 15 is 0 Å². The van der Waals surface area contributed by atoms with Crippen LogP contribution in [0.2, 0.25) is 0 Å². The van der Waals surface area contributed by atoms with E-state index in [0.717, 1.165) is 59.0 Å². The minimum absolute atomic E-state index is 0. The SMILES string of the molecule is CCC(C)(CC)C(=O)/C=C(\O)C(C)(CC)CC.Cc1ccc2nc3c(cc2c1)C(C)(C)c1cccc2oc4cc[c-]c-3c4c12.[Ir]. The summed E-state index contributed by atoms with van der Waals surface area (Å²) in [5.74, 6) is 0.286. The maximum atomic E-state index is 12.2. The van der Waals surface area contributed by atoms with Crippen LogP contribution in [0.25, 0.3) is 44.1 Å². The van der Waals surface area contributed by atoms with Crippen LogP contribution in [-0.4, -0.2) is 15.9 Å². The summed E-state index contributed by atoms with van der Waals surface area (Å²) < 4.78 is 6.17. The van der Waals surface area contributed by atoms with Gasteiger partial charge in [0.15, 0.2) is 5.78 Å². The van der Waals surface area contributed by atoms with Gasteiger partial charge in [-0.1, -0.05) is 102 Å². The first-order valence-corrected chi connectivity index (χ1v) is 16.1. The Kier molecular flexibility index (Phi) is 9.88. The van der Waals surface area contributed by atoms with Gasteiger partial charge in [-0.05, 0) is 72.8 Å². The Balaban J connectivity index is 0.000000226. The van der Waals surface area contributed by atoms with Crippen LogP contribution in [0, 0.1) is 23.8 Å². The van der Waals surface area contributed by atoms with E-state index in [0.29, 0.717) is 0 Å². The summed E-state index contributed by atoms with van der Waals surface area (Å²) in [6.07, 6.45) is 4.75. The first-order chi connectivity index (χ1) is 20.8. The molecule has 0 amide bonds. The number of pyridine rings is 1. The van der Waals surface area contributed by atoms with Crippen molar-refractivity contribution in [2.75, 3.05) is 0 Å². The van der Waals surface area contributed by atoms with E-state index < -0.39 is 0 Å². The maximum Gasteiger partial charge on any atom is 0.164 e. The second-order valence-corrected chi connectivity index (χ2v) is 13.5. The number of aliphatic hydroxyl groups excluding tert-OH is 1. The number of furan rings is 1. The summed E-state index contributed by atoms with van der Waals surface area (Å²) in [6, 6.07) is 22.6. The molecule has 1 N–H and O–H groups in total. The van der Waals surface area contributed by atoms with Crippen molar-refractivity contribution < 1.29 is 34.4 Å². The third kappa shape index (κ3) is 5.90. The number of fused-ring (bicyclic) bond motifs is 3. The number of nitrogens with zero attached hydrogens (tertiary/aromatic N) is 1. The molecule has 0 saturated heterocycles. The van der Waals surface area contributed by atoms with E-state index in [9.17, 15) is 9.90 Å². The normalized spacial score (nSPS) is 14.1. The van der Waals surface area contributed by atoms with Crippen LogP contribution in [0.4, 0.5) is 0 Å². The average Bonchev–Trinajstić information content (AvgIpc) is 3.39. The van der Waals surface area contributed by atoms with Crippen molar-refractivity contribution in [3.05, 3.63) is 89.2 Å². The van der Waals surface area contributed by atoms with Crippen molar-refractivity contribution in [2.24, 2.45) is 10.8 Å². The Bertz CT molecular complexity index is 1900. The monoisotopic (exact) mass is 781 g/mol. The van der Waals surface area contributed by atoms with E-state index in [1.807, 2.05) is 53.7 Å². The zero-order valence-electron chi connectivity index (χ0n) is 28.1. The summed E-state index contributed by atoms with van der Waals surface area (Å²) in [5.41, 5.74) is 7.90. The Morgan fingerprint density at radius 1 is 0.911 bits per heavy atom. The number of aliphatic hydroxyl groups is 1. The fourth-order valence-electron chi connectivity index (χ4n) is 6.30. The Morgan fingerprint density at radius 2 is 1.56 bits per heavy atom. The molecule has 0 spiro atoms. The molecule has 4 nitrogen and oxygen atoms in total. The third-order valence-corrected chi connectivity index (χ3v) is 10.6. The van der Waals surface area contributed by atoms with Crippen LogP contribution >= 0.6 is 0 Å². The van der Waals surface area contributed by atoms with E-state index in [1.54, 1.807) is 0 Å². The molecule has 1 aliphatic rings. The molecule has 45 heavy (non-hydrogen) atoms. The number of hydrogen-bond acceptors (Lipinski definition) is 4. The van der Waals surface area contributed by atoms with Gasteiger partial charge in [0.2, 0.25) is 0 Å². The fraction of sp³-hybridized carbons (Fsp3) is 0.400. The number of aromatic nitrogens is 1. The van der Waals surface area contributed by atoms with Crippen molar-refractivity contribution in [2.45, 2.75) is 93.4 Å². The molecule has 239 valence electrons. The van der Waals surface area contributed by atoms with Crippen LogP contribution in [-0.2, 0) is 30.3 Å². The molecule has 1 aliphatic carbocycles. The number of allylic oxidation sites excluding steroid dienone is 2. The molecule has 0 unspecified atom stereocenters. The topological polar surface area (TPSA) is 63.3 Å². The van der Waals surface area contributed by atoms with E-state index in [-0.39, 0.29) is 47.9 Å². The zero-order valence-corrected chi connectivity index (χ0v) is 30.5. The van der Waals surface area contributed by atoms with Crippen LogP contribution in [0.15, 0.2) is 70.8 Å². The number of rotatable bonds is 7. The molecule has 0 aliphatic heterocycles. The number of ketones is 1. The van der Waals surface area contributed by atoms with Crippen molar-refractivity contribution in [3.63, 3.8) is 0 Å². The van der Waals surface area contributed by atoms with Gasteiger partial charge in [0.05, 0.1) is 11.1 Å². The van der Waals surface area contributed by atoms with Crippen LogP contribution in [0.5, 0.6) is 0 Å². The van der Waals surface area contributed by atoms with Gasteiger partial charge in [0.25, 0.3) is 0 Å². The maximum absolute atomic E-state index is 12.2. The number of aryl methyl sites for hydroxylation is 1. The Hall–Kier alpha value is -3.27.